The summed E-state index contributed by atoms with van der Waals surface area (Å²) >= 11 is 1.37. The number of carbonyl (C=O) groups excluding carboxylic acids is 2. The van der Waals surface area contributed by atoms with Gasteiger partial charge >= 0.3 is 0 Å². The quantitative estimate of drug-likeness (QED) is 0.798. The van der Waals surface area contributed by atoms with Crippen LogP contribution in [-0.2, 0) is 9.59 Å². The van der Waals surface area contributed by atoms with Crippen LogP contribution in [0.4, 0.5) is 0 Å². The molecule has 0 aromatic carbocycles. The van der Waals surface area contributed by atoms with Gasteiger partial charge in [0.1, 0.15) is 11.5 Å². The van der Waals surface area contributed by atoms with Crippen molar-refractivity contribution in [3.63, 3.8) is 0 Å². The van der Waals surface area contributed by atoms with Crippen LogP contribution in [0.2, 0.25) is 0 Å². The van der Waals surface area contributed by atoms with E-state index in [4.69, 9.17) is 8.83 Å². The summed E-state index contributed by atoms with van der Waals surface area (Å²) in [5, 5.41) is 0.401. The van der Waals surface area contributed by atoms with Crippen LogP contribution in [0.15, 0.2) is 62.8 Å². The Balaban J connectivity index is 1.65. The molecule has 1 aliphatic rings. The first-order valence-corrected chi connectivity index (χ1v) is 8.21. The van der Waals surface area contributed by atoms with Gasteiger partial charge in [0.15, 0.2) is 5.17 Å². The Bertz CT molecular complexity index is 789. The van der Waals surface area contributed by atoms with Gasteiger partial charge in [-0.25, -0.2) is 0 Å². The van der Waals surface area contributed by atoms with Crippen LogP contribution in [0.5, 0.6) is 0 Å². The summed E-state index contributed by atoms with van der Waals surface area (Å²) in [5.74, 6) is 1.18. The molecule has 0 radical (unpaired) electrons. The molecule has 7 heteroatoms. The molecular formula is C17H14N2O4S. The van der Waals surface area contributed by atoms with Gasteiger partial charge in [0, 0.05) is 24.4 Å². The van der Waals surface area contributed by atoms with Gasteiger partial charge < -0.3 is 8.83 Å². The zero-order valence-electron chi connectivity index (χ0n) is 12.6. The van der Waals surface area contributed by atoms with Crippen molar-refractivity contribution < 1.29 is 18.4 Å². The number of furan rings is 2. The summed E-state index contributed by atoms with van der Waals surface area (Å²) in [6, 6.07) is 6.96. The van der Waals surface area contributed by atoms with Crippen molar-refractivity contribution in [1.82, 2.24) is 4.90 Å². The van der Waals surface area contributed by atoms with E-state index in [0.717, 1.165) is 0 Å². The smallest absolute Gasteiger partial charge is 0.272 e. The number of thioether (sulfide) groups is 1. The minimum Gasteiger partial charge on any atom is -0.465 e. The van der Waals surface area contributed by atoms with Crippen LogP contribution in [0.3, 0.4) is 0 Å². The molecule has 1 saturated heterocycles. The van der Waals surface area contributed by atoms with Gasteiger partial charge in [-0.15, -0.1) is 0 Å². The lowest BCUT2D eigenvalue weighted by Crippen LogP contribution is -2.30. The van der Waals surface area contributed by atoms with Crippen LogP contribution in [-0.4, -0.2) is 34.2 Å². The lowest BCUT2D eigenvalue weighted by Gasteiger charge is -2.12. The largest absolute Gasteiger partial charge is 0.465 e. The molecule has 0 bridgehead atoms. The Morgan fingerprint density at radius 1 is 1.08 bits per heavy atom. The molecule has 0 saturated carbocycles. The number of amides is 2. The molecule has 2 aromatic rings. The maximum atomic E-state index is 12.2. The molecule has 6 nitrogen and oxygen atoms in total. The average Bonchev–Trinajstić information content (AvgIpc) is 3.32. The molecule has 3 heterocycles. The zero-order valence-corrected chi connectivity index (χ0v) is 13.4. The number of rotatable bonds is 4. The van der Waals surface area contributed by atoms with Gasteiger partial charge in [0.05, 0.1) is 12.5 Å². The van der Waals surface area contributed by atoms with E-state index in [9.17, 15) is 9.59 Å². The number of aliphatic imine (C=N–C) groups is 1. The minimum atomic E-state index is -0.441. The summed E-state index contributed by atoms with van der Waals surface area (Å²) in [6.07, 6.45) is 8.90. The normalized spacial score (nSPS) is 16.7. The van der Waals surface area contributed by atoms with Crippen LogP contribution in [0, 0.1) is 0 Å². The predicted octanol–water partition coefficient (Wildman–Crippen LogP) is 3.06. The van der Waals surface area contributed by atoms with E-state index in [1.807, 2.05) is 0 Å². The first-order valence-electron chi connectivity index (χ1n) is 7.22. The fraction of sp³-hybridized carbons (Fsp3) is 0.118. The highest BCUT2D eigenvalue weighted by atomic mass is 32.2. The van der Waals surface area contributed by atoms with Gasteiger partial charge in [0.25, 0.3) is 11.8 Å². The van der Waals surface area contributed by atoms with E-state index in [1.54, 1.807) is 30.3 Å². The molecule has 122 valence electrons. The number of amidine groups is 1. The number of hydrogen-bond donors (Lipinski definition) is 0. The first kappa shape index (κ1) is 16.1. The highest BCUT2D eigenvalue weighted by Gasteiger charge is 2.24. The highest BCUT2D eigenvalue weighted by Crippen LogP contribution is 2.19. The average molecular weight is 342 g/mol. The summed E-state index contributed by atoms with van der Waals surface area (Å²) in [6.45, 7) is 0.514. The van der Waals surface area contributed by atoms with E-state index in [2.05, 4.69) is 4.99 Å². The molecule has 1 fully saturated rings. The Hall–Kier alpha value is -2.80. The maximum absolute atomic E-state index is 12.2. The fourth-order valence-corrected chi connectivity index (χ4v) is 2.95. The second-order valence-corrected chi connectivity index (χ2v) is 5.83. The van der Waals surface area contributed by atoms with Gasteiger partial charge in [-0.2, -0.15) is 4.99 Å². The Morgan fingerprint density at radius 3 is 2.38 bits per heavy atom. The molecular weight excluding hydrogens is 328 g/mol. The van der Waals surface area contributed by atoms with Crippen molar-refractivity contribution in [2.75, 3.05) is 12.3 Å². The lowest BCUT2D eigenvalue weighted by atomic mass is 10.3. The fourth-order valence-electron chi connectivity index (χ4n) is 2.00. The van der Waals surface area contributed by atoms with E-state index < -0.39 is 5.91 Å². The maximum Gasteiger partial charge on any atom is 0.272 e. The summed E-state index contributed by atoms with van der Waals surface area (Å²) < 4.78 is 10.2. The Kier molecular flexibility index (Phi) is 5.12. The summed E-state index contributed by atoms with van der Waals surface area (Å²) in [5.41, 5.74) is 0. The Morgan fingerprint density at radius 2 is 1.75 bits per heavy atom. The Labute approximate surface area is 142 Å². The van der Waals surface area contributed by atoms with Gasteiger partial charge in [0.2, 0.25) is 0 Å². The first-order chi connectivity index (χ1) is 11.7. The summed E-state index contributed by atoms with van der Waals surface area (Å²) in [7, 11) is 0. The van der Waals surface area contributed by atoms with E-state index in [1.165, 1.54) is 47.4 Å². The molecule has 0 aliphatic carbocycles. The topological polar surface area (TPSA) is 76.0 Å². The second kappa shape index (κ2) is 7.65. The standard InChI is InChI=1S/C17H14N2O4S/c20-15(7-5-13-3-1-10-22-13)18-17-19(9-12-24-17)16(21)8-6-14-4-2-11-23-14/h1-8,10-11H,9,12H2. The van der Waals surface area contributed by atoms with Crippen molar-refractivity contribution in [2.24, 2.45) is 4.99 Å². The third-order valence-electron chi connectivity index (χ3n) is 3.12. The molecule has 24 heavy (non-hydrogen) atoms. The van der Waals surface area contributed by atoms with Crippen molar-refractivity contribution in [2.45, 2.75) is 0 Å². The van der Waals surface area contributed by atoms with Gasteiger partial charge in [-0.1, -0.05) is 11.8 Å². The lowest BCUT2D eigenvalue weighted by molar-refractivity contribution is -0.121. The van der Waals surface area contributed by atoms with E-state index in [0.29, 0.717) is 29.0 Å². The van der Waals surface area contributed by atoms with Crippen molar-refractivity contribution in [3.05, 3.63) is 60.5 Å². The molecule has 0 N–H and O–H groups in total. The molecule has 0 spiro atoms. The highest BCUT2D eigenvalue weighted by molar-refractivity contribution is 8.14. The van der Waals surface area contributed by atoms with Crippen LogP contribution < -0.4 is 0 Å². The van der Waals surface area contributed by atoms with E-state index >= 15 is 0 Å². The van der Waals surface area contributed by atoms with Crippen LogP contribution in [0.1, 0.15) is 11.5 Å². The molecule has 0 atom stereocenters. The third kappa shape index (κ3) is 4.14. The molecule has 3 rings (SSSR count). The van der Waals surface area contributed by atoms with E-state index in [-0.39, 0.29) is 5.91 Å². The number of hydrogen-bond acceptors (Lipinski definition) is 5. The monoisotopic (exact) mass is 342 g/mol. The van der Waals surface area contributed by atoms with Crippen molar-refractivity contribution in [1.29, 1.82) is 0 Å². The van der Waals surface area contributed by atoms with Crippen molar-refractivity contribution >= 4 is 40.9 Å². The molecule has 2 amide bonds. The predicted molar refractivity (Wildman–Crippen MR) is 92.1 cm³/mol. The van der Waals surface area contributed by atoms with Crippen LogP contribution in [0.25, 0.3) is 12.2 Å². The second-order valence-electron chi connectivity index (χ2n) is 4.77. The van der Waals surface area contributed by atoms with Crippen LogP contribution >= 0.6 is 11.8 Å². The van der Waals surface area contributed by atoms with Gasteiger partial charge in [-0.05, 0) is 36.4 Å². The molecule has 0 unspecified atom stereocenters. The minimum absolute atomic E-state index is 0.238. The summed E-state index contributed by atoms with van der Waals surface area (Å²) in [4.78, 5) is 29.6. The zero-order chi connectivity index (χ0) is 16.8. The number of nitrogens with zero attached hydrogens (tertiary/aromatic N) is 2. The molecule has 2 aromatic heterocycles. The number of carbonyl (C=O) groups is 2. The molecule has 1 aliphatic heterocycles. The van der Waals surface area contributed by atoms with Gasteiger partial charge in [-0.3, -0.25) is 14.5 Å². The SMILES string of the molecule is O=C(C=Cc1ccco1)N=C1SCCN1C(=O)C=Cc1ccco1. The third-order valence-corrected chi connectivity index (χ3v) is 4.07. The van der Waals surface area contributed by atoms with Crippen molar-refractivity contribution in [3.8, 4) is 0 Å².